The standard InChI is InChI=1S/C39H49NO8SSi2/c1-37(2,3)39(7,48-50(8)9)31-33(41)40-32(35(42)43)30(49-34(31)40)25-45-36(44)47-27-22-20-26(21-23-27)24-46-51(38(4,5)6,28-16-12-10-13-17-28)29-18-14-11-15-19-29/h10-23,31,34,50H,24-25H2,1-9H3,(H,42,43)/t31-,34+,39+/m0/s1. The maximum atomic E-state index is 13.5. The number of carbonyl (C=O) groups is 3. The minimum atomic E-state index is -2.73. The summed E-state index contributed by atoms with van der Waals surface area (Å²) in [5.74, 6) is -1.82. The molecule has 1 saturated heterocycles. The molecule has 1 N–H and O–H groups in total. The Hall–Kier alpha value is -3.69. The van der Waals surface area contributed by atoms with Gasteiger partial charge in [0.25, 0.3) is 8.32 Å². The fraction of sp³-hybridized carbons (Fsp3) is 0.410. The van der Waals surface area contributed by atoms with Crippen LogP contribution < -0.4 is 15.1 Å². The lowest BCUT2D eigenvalue weighted by molar-refractivity contribution is -0.173. The van der Waals surface area contributed by atoms with Crippen LogP contribution >= 0.6 is 11.8 Å². The molecular formula is C39H49NO8SSi2. The molecule has 3 aromatic carbocycles. The van der Waals surface area contributed by atoms with Crippen molar-refractivity contribution in [2.24, 2.45) is 11.3 Å². The molecule has 2 aliphatic heterocycles. The Kier molecular flexibility index (Phi) is 11.1. The van der Waals surface area contributed by atoms with E-state index in [9.17, 15) is 19.5 Å². The predicted molar refractivity (Wildman–Crippen MR) is 205 cm³/mol. The third-order valence-corrected chi connectivity index (χ3v) is 17.2. The minimum absolute atomic E-state index is 0.164. The summed E-state index contributed by atoms with van der Waals surface area (Å²) in [4.78, 5) is 40.2. The number of thioether (sulfide) groups is 1. The number of benzene rings is 3. The van der Waals surface area contributed by atoms with Crippen LogP contribution in [0.1, 0.15) is 54.0 Å². The van der Waals surface area contributed by atoms with Crippen LogP contribution in [0.15, 0.2) is 95.5 Å². The van der Waals surface area contributed by atoms with Crippen molar-refractivity contribution in [3.63, 3.8) is 0 Å². The molecule has 0 unspecified atom stereocenters. The normalized spacial score (nSPS) is 19.0. The summed E-state index contributed by atoms with van der Waals surface area (Å²) in [6.45, 7) is 18.8. The molecule has 0 saturated carbocycles. The summed E-state index contributed by atoms with van der Waals surface area (Å²) in [6.07, 6.45) is -0.977. The van der Waals surface area contributed by atoms with Gasteiger partial charge in [-0.25, -0.2) is 9.59 Å². The van der Waals surface area contributed by atoms with E-state index in [0.29, 0.717) is 6.61 Å². The topological polar surface area (TPSA) is 112 Å². The van der Waals surface area contributed by atoms with Crippen molar-refractivity contribution in [2.45, 2.75) is 84.2 Å². The van der Waals surface area contributed by atoms with Crippen LogP contribution in [0.2, 0.25) is 18.1 Å². The number of β-lactam (4-membered cyclic amide) rings is 1. The molecule has 0 bridgehead atoms. The van der Waals surface area contributed by atoms with Crippen LogP contribution in [0.4, 0.5) is 4.79 Å². The molecular weight excluding hydrogens is 699 g/mol. The smallest absolute Gasteiger partial charge is 0.477 e. The molecule has 3 atom stereocenters. The molecule has 9 nitrogen and oxygen atoms in total. The fourth-order valence-electron chi connectivity index (χ4n) is 7.05. The zero-order valence-electron chi connectivity index (χ0n) is 30.9. The quantitative estimate of drug-likeness (QED) is 0.0915. The Balaban J connectivity index is 1.25. The second kappa shape index (κ2) is 14.7. The Morgan fingerprint density at radius 2 is 1.39 bits per heavy atom. The summed E-state index contributed by atoms with van der Waals surface area (Å²) in [5.41, 5.74) is -0.430. The first-order chi connectivity index (χ1) is 23.9. The maximum absolute atomic E-state index is 13.5. The number of carboxylic acid groups (broad SMARTS) is 1. The van der Waals surface area contributed by atoms with E-state index in [4.69, 9.17) is 18.3 Å². The monoisotopic (exact) mass is 747 g/mol. The second-order valence-electron chi connectivity index (χ2n) is 15.5. The highest BCUT2D eigenvalue weighted by atomic mass is 32.2. The van der Waals surface area contributed by atoms with Crippen LogP contribution in [0.3, 0.4) is 0 Å². The average Bonchev–Trinajstić information content (AvgIpc) is 3.38. The third kappa shape index (κ3) is 7.47. The number of hydrogen-bond acceptors (Lipinski definition) is 8. The van der Waals surface area contributed by atoms with E-state index in [-0.39, 0.29) is 39.3 Å². The van der Waals surface area contributed by atoms with E-state index < -0.39 is 46.4 Å². The highest BCUT2D eigenvalue weighted by Crippen LogP contribution is 2.57. The number of rotatable bonds is 12. The molecule has 2 aliphatic rings. The molecule has 1 amide bonds. The third-order valence-electron chi connectivity index (χ3n) is 9.89. The van der Waals surface area contributed by atoms with Gasteiger partial charge in [-0.05, 0) is 58.5 Å². The second-order valence-corrected chi connectivity index (χ2v) is 23.4. The number of nitrogens with zero attached hydrogens (tertiary/aromatic N) is 1. The number of carbonyl (C=O) groups excluding carboxylic acids is 2. The zero-order chi connectivity index (χ0) is 37.4. The predicted octanol–water partition coefficient (Wildman–Crippen LogP) is 6.91. The lowest BCUT2D eigenvalue weighted by atomic mass is 9.66. The summed E-state index contributed by atoms with van der Waals surface area (Å²) in [5, 5.41) is 11.8. The van der Waals surface area contributed by atoms with Gasteiger partial charge < -0.3 is 23.4 Å². The summed E-state index contributed by atoms with van der Waals surface area (Å²) < 4.78 is 24.3. The lowest BCUT2D eigenvalue weighted by Gasteiger charge is -2.56. The molecule has 1 fully saturated rings. The maximum Gasteiger partial charge on any atom is 0.514 e. The number of fused-ring (bicyclic) bond motifs is 1. The molecule has 2 heterocycles. The van der Waals surface area contributed by atoms with Crippen molar-refractivity contribution in [2.75, 3.05) is 6.61 Å². The van der Waals surface area contributed by atoms with Gasteiger partial charge >= 0.3 is 12.1 Å². The van der Waals surface area contributed by atoms with Crippen LogP contribution in [0.5, 0.6) is 5.75 Å². The number of aliphatic carboxylic acids is 1. The van der Waals surface area contributed by atoms with Crippen molar-refractivity contribution in [1.82, 2.24) is 4.90 Å². The van der Waals surface area contributed by atoms with E-state index in [1.165, 1.54) is 27.0 Å². The fourth-order valence-corrected chi connectivity index (χ4v) is 14.6. The average molecular weight is 748 g/mol. The first-order valence-electron chi connectivity index (χ1n) is 17.2. The molecule has 0 aromatic heterocycles. The highest BCUT2D eigenvalue weighted by molar-refractivity contribution is 8.04. The van der Waals surface area contributed by atoms with Crippen molar-refractivity contribution in [3.8, 4) is 5.75 Å². The Morgan fingerprint density at radius 1 is 0.843 bits per heavy atom. The Morgan fingerprint density at radius 3 is 1.86 bits per heavy atom. The molecule has 12 heteroatoms. The first-order valence-corrected chi connectivity index (χ1v) is 22.8. The highest BCUT2D eigenvalue weighted by Gasteiger charge is 2.65. The van der Waals surface area contributed by atoms with E-state index >= 15 is 0 Å². The number of hydrogen-bond donors (Lipinski definition) is 1. The van der Waals surface area contributed by atoms with Crippen molar-refractivity contribution < 1.29 is 37.8 Å². The van der Waals surface area contributed by atoms with Crippen molar-refractivity contribution >= 4 is 57.5 Å². The minimum Gasteiger partial charge on any atom is -0.477 e. The van der Waals surface area contributed by atoms with Gasteiger partial charge in [-0.15, -0.1) is 0 Å². The van der Waals surface area contributed by atoms with Crippen molar-refractivity contribution in [1.29, 1.82) is 0 Å². The number of ether oxygens (including phenoxy) is 2. The van der Waals surface area contributed by atoms with Crippen molar-refractivity contribution in [3.05, 3.63) is 101 Å². The van der Waals surface area contributed by atoms with Gasteiger partial charge in [0, 0.05) is 0 Å². The Bertz CT molecular complexity index is 1730. The molecule has 51 heavy (non-hydrogen) atoms. The number of amides is 1. The van der Waals surface area contributed by atoms with Gasteiger partial charge in [-0.3, -0.25) is 9.69 Å². The van der Waals surface area contributed by atoms with Crippen LogP contribution in [0, 0.1) is 11.3 Å². The SMILES string of the molecule is C[SiH](C)O[C@](C)([C@H]1C(=O)N2C(C(=O)O)=C(COC(=O)Oc3ccc(CO[Si](c4ccccc4)(c4ccccc4)C(C)(C)C)cc3)S[C@H]12)C(C)(C)C. The van der Waals surface area contributed by atoms with Crippen LogP contribution in [-0.4, -0.2) is 63.0 Å². The van der Waals surface area contributed by atoms with Gasteiger partial charge in [-0.1, -0.05) is 126 Å². The number of carboxylic acids is 1. The largest absolute Gasteiger partial charge is 0.514 e. The molecule has 0 radical (unpaired) electrons. The van der Waals surface area contributed by atoms with E-state index in [0.717, 1.165) is 5.56 Å². The molecule has 0 aliphatic carbocycles. The van der Waals surface area contributed by atoms with Gasteiger partial charge in [0.05, 0.1) is 23.0 Å². The van der Waals surface area contributed by atoms with E-state index in [1.54, 1.807) is 12.1 Å². The van der Waals surface area contributed by atoms with E-state index in [1.807, 2.05) is 52.0 Å². The summed E-state index contributed by atoms with van der Waals surface area (Å²) in [6, 6.07) is 27.9. The zero-order valence-corrected chi connectivity index (χ0v) is 33.9. The van der Waals surface area contributed by atoms with Crippen LogP contribution in [-0.2, 0) is 29.8 Å². The molecule has 3 aromatic rings. The van der Waals surface area contributed by atoms with Crippen LogP contribution in [0.25, 0.3) is 0 Å². The molecule has 272 valence electrons. The van der Waals surface area contributed by atoms with Gasteiger partial charge in [0.2, 0.25) is 5.91 Å². The van der Waals surface area contributed by atoms with E-state index in [2.05, 4.69) is 82.4 Å². The summed E-state index contributed by atoms with van der Waals surface area (Å²) >= 11 is 1.23. The van der Waals surface area contributed by atoms with Gasteiger partial charge in [-0.2, -0.15) is 0 Å². The molecule has 0 spiro atoms. The first kappa shape index (κ1) is 38.5. The molecule has 5 rings (SSSR count). The summed E-state index contributed by atoms with van der Waals surface area (Å²) in [7, 11) is -4.29. The Labute approximate surface area is 308 Å². The van der Waals surface area contributed by atoms with Gasteiger partial charge in [0.1, 0.15) is 23.4 Å². The van der Waals surface area contributed by atoms with Gasteiger partial charge in [0.15, 0.2) is 9.04 Å². The lowest BCUT2D eigenvalue weighted by Crippen LogP contribution is -2.69.